The third kappa shape index (κ3) is 4.86. The van der Waals surface area contributed by atoms with Crippen LogP contribution < -0.4 is 4.90 Å². The molecule has 138 valence electrons. The molecule has 0 saturated heterocycles. The lowest BCUT2D eigenvalue weighted by molar-refractivity contribution is -0.116. The molecule has 0 aliphatic carbocycles. The molecule has 3 rings (SSSR count). The number of anilines is 1. The van der Waals surface area contributed by atoms with Crippen LogP contribution in [0.5, 0.6) is 0 Å². The van der Waals surface area contributed by atoms with Gasteiger partial charge >= 0.3 is 0 Å². The van der Waals surface area contributed by atoms with Crippen molar-refractivity contribution in [3.8, 4) is 0 Å². The van der Waals surface area contributed by atoms with Gasteiger partial charge in [0.25, 0.3) is 0 Å². The van der Waals surface area contributed by atoms with Crippen molar-refractivity contribution in [1.29, 1.82) is 0 Å². The van der Waals surface area contributed by atoms with Crippen molar-refractivity contribution in [2.45, 2.75) is 18.6 Å². The zero-order valence-corrected chi connectivity index (χ0v) is 16.1. The molecule has 5 nitrogen and oxygen atoms in total. The third-order valence-corrected chi connectivity index (χ3v) is 5.04. The van der Waals surface area contributed by atoms with E-state index in [0.29, 0.717) is 13.1 Å². The fourth-order valence-electron chi connectivity index (χ4n) is 2.71. The van der Waals surface area contributed by atoms with Crippen LogP contribution in [0.15, 0.2) is 78.5 Å². The third-order valence-electron chi connectivity index (χ3n) is 4.09. The number of carbonyl (C=O) groups is 1. The van der Waals surface area contributed by atoms with Gasteiger partial charge in [-0.2, -0.15) is 0 Å². The van der Waals surface area contributed by atoms with Crippen LogP contribution in [0.3, 0.4) is 0 Å². The number of aryl methyl sites for hydroxylation is 1. The van der Waals surface area contributed by atoms with Crippen LogP contribution >= 0.6 is 11.8 Å². The van der Waals surface area contributed by atoms with E-state index in [0.717, 1.165) is 16.7 Å². The summed E-state index contributed by atoms with van der Waals surface area (Å²) in [5.74, 6) is 1.13. The van der Waals surface area contributed by atoms with Gasteiger partial charge in [0.05, 0.1) is 12.3 Å². The Bertz CT molecular complexity index is 893. The number of para-hydroxylation sites is 1. The van der Waals surface area contributed by atoms with Crippen molar-refractivity contribution >= 4 is 23.4 Å². The highest BCUT2D eigenvalue weighted by Crippen LogP contribution is 2.21. The van der Waals surface area contributed by atoms with Gasteiger partial charge in [0.1, 0.15) is 5.82 Å². The van der Waals surface area contributed by atoms with E-state index < -0.39 is 0 Å². The number of hydrogen-bond acceptors (Lipinski definition) is 4. The first kappa shape index (κ1) is 18.9. The predicted molar refractivity (Wildman–Crippen MR) is 110 cm³/mol. The number of carbonyl (C=O) groups excluding carboxylic acids is 1. The van der Waals surface area contributed by atoms with Gasteiger partial charge in [-0.3, -0.25) is 4.79 Å². The SMILES string of the molecule is C=CCN(C(=O)CSc1nnc(C)n1Cc1ccccc1)c1ccccc1. The van der Waals surface area contributed by atoms with Crippen LogP contribution in [-0.2, 0) is 11.3 Å². The molecule has 1 amide bonds. The van der Waals surface area contributed by atoms with Crippen molar-refractivity contribution in [2.24, 2.45) is 0 Å². The topological polar surface area (TPSA) is 51.0 Å². The van der Waals surface area contributed by atoms with E-state index in [2.05, 4.69) is 28.9 Å². The maximum absolute atomic E-state index is 12.8. The van der Waals surface area contributed by atoms with Crippen molar-refractivity contribution in [2.75, 3.05) is 17.2 Å². The molecular weight excluding hydrogens is 356 g/mol. The van der Waals surface area contributed by atoms with Crippen LogP contribution in [0, 0.1) is 6.92 Å². The Morgan fingerprint density at radius 2 is 1.78 bits per heavy atom. The summed E-state index contributed by atoms with van der Waals surface area (Å²) in [6, 6.07) is 19.8. The fourth-order valence-corrected chi connectivity index (χ4v) is 3.57. The second kappa shape index (κ2) is 9.19. The van der Waals surface area contributed by atoms with E-state index in [1.807, 2.05) is 60.0 Å². The van der Waals surface area contributed by atoms with Gasteiger partial charge in [-0.25, -0.2) is 0 Å². The predicted octanol–water partition coefficient (Wildman–Crippen LogP) is 3.95. The largest absolute Gasteiger partial charge is 0.308 e. The molecule has 0 N–H and O–H groups in total. The normalized spacial score (nSPS) is 10.6. The average molecular weight is 379 g/mol. The summed E-state index contributed by atoms with van der Waals surface area (Å²) in [6.45, 7) is 6.85. The second-order valence-electron chi connectivity index (χ2n) is 6.02. The first-order valence-corrected chi connectivity index (χ1v) is 9.70. The monoisotopic (exact) mass is 378 g/mol. The van der Waals surface area contributed by atoms with Crippen LogP contribution in [0.2, 0.25) is 0 Å². The van der Waals surface area contributed by atoms with Crippen LogP contribution in [0.1, 0.15) is 11.4 Å². The van der Waals surface area contributed by atoms with E-state index >= 15 is 0 Å². The standard InChI is InChI=1S/C21H22N4OS/c1-3-14-24(19-12-8-5-9-13-19)20(26)16-27-21-23-22-17(2)25(21)15-18-10-6-4-7-11-18/h3-13H,1,14-16H2,2H3. The van der Waals surface area contributed by atoms with Gasteiger partial charge in [-0.05, 0) is 24.6 Å². The van der Waals surface area contributed by atoms with E-state index in [1.54, 1.807) is 11.0 Å². The minimum Gasteiger partial charge on any atom is -0.308 e. The number of nitrogens with zero attached hydrogens (tertiary/aromatic N) is 4. The highest BCUT2D eigenvalue weighted by Gasteiger charge is 2.17. The van der Waals surface area contributed by atoms with Crippen LogP contribution in [0.4, 0.5) is 5.69 Å². The van der Waals surface area contributed by atoms with E-state index in [-0.39, 0.29) is 11.7 Å². The molecule has 0 atom stereocenters. The lowest BCUT2D eigenvalue weighted by Gasteiger charge is -2.21. The van der Waals surface area contributed by atoms with E-state index in [9.17, 15) is 4.79 Å². The summed E-state index contributed by atoms with van der Waals surface area (Å²) in [6.07, 6.45) is 1.73. The number of rotatable bonds is 8. The quantitative estimate of drug-likeness (QED) is 0.440. The molecule has 3 aromatic rings. The summed E-state index contributed by atoms with van der Waals surface area (Å²) < 4.78 is 2.04. The Kier molecular flexibility index (Phi) is 6.44. The molecular formula is C21H22N4OS. The molecule has 0 aliphatic rings. The molecule has 6 heteroatoms. The van der Waals surface area contributed by atoms with Gasteiger partial charge in [0.15, 0.2) is 5.16 Å². The van der Waals surface area contributed by atoms with Crippen LogP contribution in [-0.4, -0.2) is 33.0 Å². The molecule has 1 heterocycles. The van der Waals surface area contributed by atoms with Crippen molar-refractivity contribution in [1.82, 2.24) is 14.8 Å². The fraction of sp³-hybridized carbons (Fsp3) is 0.190. The zero-order chi connectivity index (χ0) is 19.1. The second-order valence-corrected chi connectivity index (χ2v) is 6.96. The lowest BCUT2D eigenvalue weighted by Crippen LogP contribution is -2.32. The molecule has 0 unspecified atom stereocenters. The number of benzene rings is 2. The number of amides is 1. The molecule has 0 radical (unpaired) electrons. The van der Waals surface area contributed by atoms with Crippen molar-refractivity contribution in [3.05, 3.63) is 84.7 Å². The molecule has 0 fully saturated rings. The lowest BCUT2D eigenvalue weighted by atomic mass is 10.2. The smallest absolute Gasteiger partial charge is 0.237 e. The molecule has 1 aromatic heterocycles. The first-order chi connectivity index (χ1) is 13.2. The highest BCUT2D eigenvalue weighted by molar-refractivity contribution is 7.99. The van der Waals surface area contributed by atoms with Crippen molar-refractivity contribution < 1.29 is 4.79 Å². The van der Waals surface area contributed by atoms with Gasteiger partial charge < -0.3 is 9.47 Å². The number of hydrogen-bond donors (Lipinski definition) is 0. The van der Waals surface area contributed by atoms with E-state index in [1.165, 1.54) is 17.3 Å². The molecule has 0 saturated carbocycles. The highest BCUT2D eigenvalue weighted by atomic mass is 32.2. The minimum atomic E-state index is 0.0121. The Hall–Kier alpha value is -2.86. The summed E-state index contributed by atoms with van der Waals surface area (Å²) in [5, 5.41) is 9.17. The Morgan fingerprint density at radius 3 is 2.44 bits per heavy atom. The maximum Gasteiger partial charge on any atom is 0.237 e. The van der Waals surface area contributed by atoms with Gasteiger partial charge in [0, 0.05) is 12.2 Å². The van der Waals surface area contributed by atoms with Crippen molar-refractivity contribution in [3.63, 3.8) is 0 Å². The number of aromatic nitrogens is 3. The zero-order valence-electron chi connectivity index (χ0n) is 15.3. The summed E-state index contributed by atoms with van der Waals surface area (Å²) in [4.78, 5) is 14.5. The van der Waals surface area contributed by atoms with Gasteiger partial charge in [-0.15, -0.1) is 16.8 Å². The molecule has 27 heavy (non-hydrogen) atoms. The molecule has 0 aliphatic heterocycles. The van der Waals surface area contributed by atoms with E-state index in [4.69, 9.17) is 0 Å². The van der Waals surface area contributed by atoms with Gasteiger partial charge in [-0.1, -0.05) is 66.4 Å². The summed E-state index contributed by atoms with van der Waals surface area (Å²) >= 11 is 1.41. The number of thioether (sulfide) groups is 1. The Morgan fingerprint density at radius 1 is 1.11 bits per heavy atom. The average Bonchev–Trinajstić information content (AvgIpc) is 3.05. The first-order valence-electron chi connectivity index (χ1n) is 8.72. The summed E-state index contributed by atoms with van der Waals surface area (Å²) in [5.41, 5.74) is 2.04. The molecule has 0 spiro atoms. The summed E-state index contributed by atoms with van der Waals surface area (Å²) in [7, 11) is 0. The van der Waals surface area contributed by atoms with Crippen LogP contribution in [0.25, 0.3) is 0 Å². The van der Waals surface area contributed by atoms with Gasteiger partial charge in [0.2, 0.25) is 5.91 Å². The Labute approximate surface area is 163 Å². The Balaban J connectivity index is 1.70. The molecule has 2 aromatic carbocycles. The minimum absolute atomic E-state index is 0.0121. The maximum atomic E-state index is 12.8. The molecule has 0 bridgehead atoms.